The van der Waals surface area contributed by atoms with Gasteiger partial charge in [0.15, 0.2) is 5.82 Å². The van der Waals surface area contributed by atoms with Gasteiger partial charge in [0, 0.05) is 12.4 Å². The molecule has 1 aliphatic carbocycles. The molecule has 1 atom stereocenters. The Hall–Kier alpha value is -1.49. The van der Waals surface area contributed by atoms with Gasteiger partial charge in [0.2, 0.25) is 5.91 Å². The smallest absolute Gasteiger partial charge is 0.237 e. The molecule has 0 unspecified atom stereocenters. The highest BCUT2D eigenvalue weighted by atomic mass is 16.2. The summed E-state index contributed by atoms with van der Waals surface area (Å²) >= 11 is 0. The van der Waals surface area contributed by atoms with Gasteiger partial charge in [0.25, 0.3) is 0 Å². The monoisotopic (exact) mass is 220 g/mol. The van der Waals surface area contributed by atoms with Gasteiger partial charge in [-0.15, -0.1) is 0 Å². The van der Waals surface area contributed by atoms with Gasteiger partial charge in [-0.25, -0.2) is 9.97 Å². The van der Waals surface area contributed by atoms with Gasteiger partial charge in [-0.3, -0.25) is 4.79 Å². The molecule has 0 spiro atoms. The third kappa shape index (κ3) is 2.04. The third-order valence-electron chi connectivity index (χ3n) is 2.88. The first kappa shape index (κ1) is 11.0. The fourth-order valence-corrected chi connectivity index (χ4v) is 1.59. The average Bonchev–Trinajstić information content (AvgIpc) is 3.10. The van der Waals surface area contributed by atoms with E-state index in [-0.39, 0.29) is 11.4 Å². The number of amides is 1. The van der Waals surface area contributed by atoms with E-state index >= 15 is 0 Å². The van der Waals surface area contributed by atoms with E-state index in [9.17, 15) is 4.79 Å². The largest absolute Gasteiger partial charge is 0.342 e. The van der Waals surface area contributed by atoms with Crippen LogP contribution in [0.4, 0.5) is 0 Å². The number of nitrogens with zero attached hydrogens (tertiary/aromatic N) is 2. The van der Waals surface area contributed by atoms with E-state index in [1.54, 1.807) is 18.5 Å². The second-order valence-corrected chi connectivity index (χ2v) is 4.16. The molecule has 1 amide bonds. The molecule has 1 aromatic rings. The highest BCUT2D eigenvalue weighted by molar-refractivity contribution is 5.82. The number of hydrogen-bond donors (Lipinski definition) is 2. The Morgan fingerprint density at radius 3 is 2.69 bits per heavy atom. The van der Waals surface area contributed by atoms with Crippen molar-refractivity contribution < 1.29 is 4.79 Å². The first-order valence-electron chi connectivity index (χ1n) is 5.53. The number of carbonyl (C=O) groups is 1. The van der Waals surface area contributed by atoms with Crippen LogP contribution < -0.4 is 11.1 Å². The summed E-state index contributed by atoms with van der Waals surface area (Å²) in [4.78, 5) is 20.1. The molecule has 5 heteroatoms. The maximum absolute atomic E-state index is 11.7. The summed E-state index contributed by atoms with van der Waals surface area (Å²) in [5, 5.41) is 2.95. The van der Waals surface area contributed by atoms with Crippen LogP contribution in [0.2, 0.25) is 0 Å². The predicted octanol–water partition coefficient (Wildman–Crippen LogP) is 0.319. The fourth-order valence-electron chi connectivity index (χ4n) is 1.59. The molecule has 3 N–H and O–H groups in total. The Morgan fingerprint density at radius 1 is 1.56 bits per heavy atom. The van der Waals surface area contributed by atoms with Gasteiger partial charge in [-0.2, -0.15) is 0 Å². The highest BCUT2D eigenvalue weighted by Crippen LogP contribution is 2.43. The molecule has 1 saturated carbocycles. The molecular formula is C11H16N4O. The molecule has 0 aliphatic heterocycles. The summed E-state index contributed by atoms with van der Waals surface area (Å²) in [6, 6.07) is 1.32. The number of rotatable bonds is 4. The number of nitrogens with two attached hydrogens (primary N) is 1. The number of carbonyl (C=O) groups excluding carboxylic acids is 1. The Morgan fingerprint density at radius 2 is 2.19 bits per heavy atom. The lowest BCUT2D eigenvalue weighted by Crippen LogP contribution is -2.45. The molecule has 0 bridgehead atoms. The topological polar surface area (TPSA) is 80.9 Å². The van der Waals surface area contributed by atoms with Crippen LogP contribution >= 0.6 is 0 Å². The summed E-state index contributed by atoms with van der Waals surface area (Å²) in [6.07, 6.45) is 5.79. The molecule has 5 nitrogen and oxygen atoms in total. The lowest BCUT2D eigenvalue weighted by molar-refractivity contribution is -0.123. The molecule has 0 radical (unpaired) electrons. The first-order chi connectivity index (χ1) is 7.68. The van der Waals surface area contributed by atoms with Crippen LogP contribution in [0.25, 0.3) is 0 Å². The summed E-state index contributed by atoms with van der Waals surface area (Å²) < 4.78 is 0. The second kappa shape index (κ2) is 4.17. The molecule has 1 heterocycles. The number of hydrogen-bond acceptors (Lipinski definition) is 4. The third-order valence-corrected chi connectivity index (χ3v) is 2.88. The van der Waals surface area contributed by atoms with Crippen LogP contribution in [0.15, 0.2) is 18.5 Å². The van der Waals surface area contributed by atoms with Crippen molar-refractivity contribution in [3.63, 3.8) is 0 Å². The zero-order valence-electron chi connectivity index (χ0n) is 9.31. The maximum Gasteiger partial charge on any atom is 0.237 e. The lowest BCUT2D eigenvalue weighted by atomic mass is 10.2. The summed E-state index contributed by atoms with van der Waals surface area (Å²) in [7, 11) is 0. The predicted molar refractivity (Wildman–Crippen MR) is 59.4 cm³/mol. The minimum absolute atomic E-state index is 0.118. The zero-order valence-corrected chi connectivity index (χ0v) is 9.31. The van der Waals surface area contributed by atoms with E-state index in [0.717, 1.165) is 12.8 Å². The summed E-state index contributed by atoms with van der Waals surface area (Å²) in [5.74, 6) is 0.569. The van der Waals surface area contributed by atoms with E-state index in [4.69, 9.17) is 5.73 Å². The molecular weight excluding hydrogens is 204 g/mol. The second-order valence-electron chi connectivity index (χ2n) is 4.16. The molecule has 0 saturated heterocycles. The van der Waals surface area contributed by atoms with Crippen LogP contribution in [-0.4, -0.2) is 21.9 Å². The maximum atomic E-state index is 11.7. The van der Waals surface area contributed by atoms with Crippen molar-refractivity contribution in [2.75, 3.05) is 0 Å². The molecule has 2 rings (SSSR count). The Labute approximate surface area is 94.5 Å². The first-order valence-corrected chi connectivity index (χ1v) is 5.53. The summed E-state index contributed by atoms with van der Waals surface area (Å²) in [6.45, 7) is 1.89. The Balaban J connectivity index is 2.08. The highest BCUT2D eigenvalue weighted by Gasteiger charge is 2.48. The van der Waals surface area contributed by atoms with E-state index in [2.05, 4.69) is 15.3 Å². The zero-order chi connectivity index (χ0) is 11.6. The van der Waals surface area contributed by atoms with E-state index < -0.39 is 6.04 Å². The van der Waals surface area contributed by atoms with Gasteiger partial charge in [-0.05, 0) is 25.3 Å². The lowest BCUT2D eigenvalue weighted by Gasteiger charge is -2.18. The van der Waals surface area contributed by atoms with Crippen LogP contribution in [0.1, 0.15) is 32.0 Å². The van der Waals surface area contributed by atoms with Gasteiger partial charge < -0.3 is 11.1 Å². The average molecular weight is 220 g/mol. The quantitative estimate of drug-likeness (QED) is 0.765. The fraction of sp³-hybridized carbons (Fsp3) is 0.545. The van der Waals surface area contributed by atoms with Crippen molar-refractivity contribution in [2.24, 2.45) is 5.73 Å². The SMILES string of the molecule is CC[C@H](N)C(=O)NC1(c2ncccn2)CC1. The van der Waals surface area contributed by atoms with Crippen molar-refractivity contribution in [2.45, 2.75) is 37.8 Å². The van der Waals surface area contributed by atoms with Gasteiger partial charge in [0.1, 0.15) is 0 Å². The van der Waals surface area contributed by atoms with Crippen LogP contribution in [-0.2, 0) is 10.3 Å². The van der Waals surface area contributed by atoms with Gasteiger partial charge in [-0.1, -0.05) is 6.92 Å². The standard InChI is InChI=1S/C11H16N4O/c1-2-8(12)9(16)15-11(4-5-11)10-13-6-3-7-14-10/h3,6-8H,2,4-5,12H2,1H3,(H,15,16)/t8-/m0/s1. The van der Waals surface area contributed by atoms with E-state index in [1.807, 2.05) is 6.92 Å². The molecule has 16 heavy (non-hydrogen) atoms. The summed E-state index contributed by atoms with van der Waals surface area (Å²) in [5.41, 5.74) is 5.32. The van der Waals surface area contributed by atoms with Crippen LogP contribution in [0.3, 0.4) is 0 Å². The van der Waals surface area contributed by atoms with Crippen LogP contribution in [0.5, 0.6) is 0 Å². The minimum Gasteiger partial charge on any atom is -0.342 e. The van der Waals surface area contributed by atoms with E-state index in [0.29, 0.717) is 12.2 Å². The number of nitrogens with one attached hydrogen (secondary N) is 1. The van der Waals surface area contributed by atoms with Gasteiger partial charge in [0.05, 0.1) is 11.6 Å². The van der Waals surface area contributed by atoms with Gasteiger partial charge >= 0.3 is 0 Å². The minimum atomic E-state index is -0.443. The normalized spacial score (nSPS) is 18.9. The molecule has 1 aliphatic rings. The molecule has 1 fully saturated rings. The van der Waals surface area contributed by atoms with Crippen molar-refractivity contribution in [1.82, 2.24) is 15.3 Å². The van der Waals surface area contributed by atoms with Crippen molar-refractivity contribution in [3.8, 4) is 0 Å². The number of aromatic nitrogens is 2. The van der Waals surface area contributed by atoms with Crippen molar-refractivity contribution >= 4 is 5.91 Å². The molecule has 0 aromatic carbocycles. The Bertz CT molecular complexity index is 375. The van der Waals surface area contributed by atoms with Crippen molar-refractivity contribution in [3.05, 3.63) is 24.3 Å². The Kier molecular flexibility index (Phi) is 2.87. The van der Waals surface area contributed by atoms with Crippen molar-refractivity contribution in [1.29, 1.82) is 0 Å². The molecule has 1 aromatic heterocycles. The van der Waals surface area contributed by atoms with E-state index in [1.165, 1.54) is 0 Å². The molecule has 86 valence electrons. The van der Waals surface area contributed by atoms with Crippen LogP contribution in [0, 0.1) is 0 Å².